The molecule has 0 aromatic heterocycles. The van der Waals surface area contributed by atoms with Gasteiger partial charge in [-0.1, -0.05) is 3.89 Å². The molecule has 0 aliphatic carbocycles. The normalized spacial score (nSPS) is 15.7. The Balaban J connectivity index is 0. The van der Waals surface area contributed by atoms with Crippen molar-refractivity contribution in [2.75, 3.05) is 0 Å². The summed E-state index contributed by atoms with van der Waals surface area (Å²) in [5.74, 6) is 0. The number of hydrogen-bond donors (Lipinski definition) is 1. The first-order valence-corrected chi connectivity index (χ1v) is 7.68. The minimum absolute atomic E-state index is 5.17. The summed E-state index contributed by atoms with van der Waals surface area (Å²) in [6.45, 7) is 0. The Morgan fingerprint density at radius 1 is 1.00 bits per heavy atom. The van der Waals surface area contributed by atoms with Crippen LogP contribution in [0.1, 0.15) is 0 Å². The minimum atomic E-state index is -9.19. The standard InChI is InChI=1S/FHO3S.5FH.Sb/c1-5(2,3)4;;;;;;/h(H,2,3,4);5*1H;/q;;;;;;+5/p-5. The Morgan fingerprint density at radius 3 is 1.00 bits per heavy atom. The number of rotatable bonds is 0. The van der Waals surface area contributed by atoms with Crippen LogP contribution in [0.4, 0.5) is 18.0 Å². The van der Waals surface area contributed by atoms with E-state index in [1.54, 1.807) is 0 Å². The first-order chi connectivity index (χ1) is 4.24. The fraction of sp³-hybridized carbons (Fsp3) is 0. The molecule has 0 aliphatic rings. The molecule has 0 bridgehead atoms. The van der Waals surface area contributed by atoms with Gasteiger partial charge in [0.1, 0.15) is 0 Å². The maximum atomic E-state index is 10.2. The molecule has 72 valence electrons. The van der Waals surface area contributed by atoms with E-state index in [9.17, 15) is 18.0 Å². The first kappa shape index (κ1) is 13.9. The summed E-state index contributed by atoms with van der Waals surface area (Å²) in [4.78, 5) is 0. The summed E-state index contributed by atoms with van der Waals surface area (Å²) in [5, 5.41) is 0. The van der Waals surface area contributed by atoms with Crippen molar-refractivity contribution >= 4 is 30.8 Å². The summed E-state index contributed by atoms with van der Waals surface area (Å²) in [6.07, 6.45) is 0. The van der Waals surface area contributed by atoms with Gasteiger partial charge in [-0.05, 0) is 0 Å². The molecule has 0 aliphatic heterocycles. The first-order valence-electron chi connectivity index (χ1n) is 1.52. The van der Waals surface area contributed by atoms with Crippen LogP contribution in [-0.4, -0.2) is 33.3 Å². The molecule has 11 heteroatoms. The third-order valence-corrected chi connectivity index (χ3v) is 0. The zero-order chi connectivity index (χ0) is 9.95. The zero-order valence-corrected chi connectivity index (χ0v) is 7.76. The SMILES string of the molecule is O=S(=O)(O)F.[F][Sb]([F])([F])([F])[F]. The van der Waals surface area contributed by atoms with Crippen LogP contribution >= 0.6 is 0 Å². The van der Waals surface area contributed by atoms with Gasteiger partial charge >= 0.3 is 44.9 Å². The van der Waals surface area contributed by atoms with Crippen LogP contribution in [0.25, 0.3) is 0 Å². The molecular formula is HF6O3SSb. The molecule has 0 radical (unpaired) electrons. The molecule has 0 fully saturated rings. The van der Waals surface area contributed by atoms with Crippen LogP contribution < -0.4 is 0 Å². The molecule has 0 spiro atoms. The van der Waals surface area contributed by atoms with Crippen LogP contribution in [0.5, 0.6) is 0 Å². The summed E-state index contributed by atoms with van der Waals surface area (Å²) in [6, 6.07) is 0. The van der Waals surface area contributed by atoms with Crippen molar-refractivity contribution in [1.82, 2.24) is 0 Å². The Kier molecular flexibility index (Phi) is 4.23. The van der Waals surface area contributed by atoms with Crippen LogP contribution in [0.2, 0.25) is 0 Å². The Labute approximate surface area is 62.1 Å². The van der Waals surface area contributed by atoms with Crippen molar-refractivity contribution in [3.63, 3.8) is 0 Å². The Hall–Kier alpha value is 0.308. The van der Waals surface area contributed by atoms with Gasteiger partial charge in [0.25, 0.3) is 0 Å². The molecule has 3 nitrogen and oxygen atoms in total. The van der Waals surface area contributed by atoms with Gasteiger partial charge in [-0.3, -0.25) is 4.55 Å². The van der Waals surface area contributed by atoms with E-state index in [4.69, 9.17) is 13.0 Å². The van der Waals surface area contributed by atoms with Gasteiger partial charge in [0.05, 0.1) is 0 Å². The van der Waals surface area contributed by atoms with Gasteiger partial charge in [-0.2, -0.15) is 8.42 Å². The van der Waals surface area contributed by atoms with Crippen LogP contribution in [0.3, 0.4) is 0 Å². The second-order valence-corrected chi connectivity index (χ2v) is 5.52. The number of halogens is 6. The molecule has 0 saturated heterocycles. The molecule has 0 atom stereocenters. The van der Waals surface area contributed by atoms with Crippen LogP contribution in [0, 0.1) is 0 Å². The molecule has 0 heterocycles. The van der Waals surface area contributed by atoms with Crippen molar-refractivity contribution in [3.05, 3.63) is 0 Å². The average Bonchev–Trinajstić information content (AvgIpc) is 1.07. The van der Waals surface area contributed by atoms with Crippen molar-refractivity contribution in [2.24, 2.45) is 0 Å². The van der Waals surface area contributed by atoms with E-state index in [2.05, 4.69) is 0 Å². The molecule has 0 aromatic rings. The molecule has 0 amide bonds. The molecule has 11 heavy (non-hydrogen) atoms. The van der Waals surface area contributed by atoms with Crippen LogP contribution in [-0.2, 0) is 10.5 Å². The van der Waals surface area contributed by atoms with E-state index in [0.717, 1.165) is 0 Å². The second kappa shape index (κ2) is 3.36. The fourth-order valence-electron chi connectivity index (χ4n) is 0. The second-order valence-electron chi connectivity index (χ2n) is 1.05. The summed E-state index contributed by atoms with van der Waals surface area (Å²) in [7, 11) is -5.17. The van der Waals surface area contributed by atoms with E-state index < -0.39 is 30.8 Å². The fourth-order valence-corrected chi connectivity index (χ4v) is 0. The predicted octanol–water partition coefficient (Wildman–Crippen LogP) is 1.48. The summed E-state index contributed by atoms with van der Waals surface area (Å²) in [5.41, 5.74) is 0. The topological polar surface area (TPSA) is 54.4 Å². The summed E-state index contributed by atoms with van der Waals surface area (Å²) >= 11 is -9.19. The summed E-state index contributed by atoms with van der Waals surface area (Å²) < 4.78 is 83.6. The van der Waals surface area contributed by atoms with Gasteiger partial charge in [0.15, 0.2) is 0 Å². The van der Waals surface area contributed by atoms with Crippen molar-refractivity contribution in [3.8, 4) is 0 Å². The van der Waals surface area contributed by atoms with Crippen molar-refractivity contribution in [1.29, 1.82) is 0 Å². The molecule has 1 N–H and O–H groups in total. The molecular weight excluding hydrogens is 316 g/mol. The van der Waals surface area contributed by atoms with E-state index in [0.29, 0.717) is 0 Å². The maximum absolute atomic E-state index is 10.2. The monoisotopic (exact) mass is 316 g/mol. The van der Waals surface area contributed by atoms with Gasteiger partial charge in [-0.25, -0.2) is 0 Å². The van der Waals surface area contributed by atoms with Gasteiger partial charge < -0.3 is 0 Å². The van der Waals surface area contributed by atoms with Gasteiger partial charge in [-0.15, -0.1) is 0 Å². The zero-order valence-electron chi connectivity index (χ0n) is 4.39. The quantitative estimate of drug-likeness (QED) is 0.319. The van der Waals surface area contributed by atoms with E-state index in [-0.39, 0.29) is 0 Å². The Bertz CT molecular complexity index is 183. The third-order valence-electron chi connectivity index (χ3n) is 0. The van der Waals surface area contributed by atoms with E-state index in [1.165, 1.54) is 0 Å². The third kappa shape index (κ3) is 7490. The van der Waals surface area contributed by atoms with E-state index >= 15 is 0 Å². The molecule has 0 aromatic carbocycles. The average molecular weight is 317 g/mol. The Morgan fingerprint density at radius 2 is 1.00 bits per heavy atom. The van der Waals surface area contributed by atoms with Crippen molar-refractivity contribution in [2.45, 2.75) is 0 Å². The van der Waals surface area contributed by atoms with E-state index in [1.807, 2.05) is 0 Å². The molecule has 0 unspecified atom stereocenters. The van der Waals surface area contributed by atoms with Gasteiger partial charge in [0, 0.05) is 0 Å². The molecule has 0 saturated carbocycles. The predicted molar refractivity (Wildman–Crippen MR) is 24.0 cm³/mol. The van der Waals surface area contributed by atoms with Crippen molar-refractivity contribution < 1.29 is 30.9 Å². The van der Waals surface area contributed by atoms with Gasteiger partial charge in [0.2, 0.25) is 0 Å². The van der Waals surface area contributed by atoms with Crippen LogP contribution in [0.15, 0.2) is 0 Å². The molecule has 0 rings (SSSR count). The number of hydrogen-bond acceptors (Lipinski definition) is 2.